The van der Waals surface area contributed by atoms with Gasteiger partial charge in [0.2, 0.25) is 0 Å². The van der Waals surface area contributed by atoms with Gasteiger partial charge in [-0.25, -0.2) is 4.98 Å². The molecule has 1 aromatic heterocycles. The molecule has 1 unspecified atom stereocenters. The summed E-state index contributed by atoms with van der Waals surface area (Å²) in [7, 11) is 0. The lowest BCUT2D eigenvalue weighted by atomic mass is 10.2. The molecule has 0 aliphatic heterocycles. The molecule has 1 atom stereocenters. The summed E-state index contributed by atoms with van der Waals surface area (Å²) in [5, 5.41) is 13.6. The minimum atomic E-state index is -0.464. The average Bonchev–Trinajstić information content (AvgIpc) is 2.21. The molecule has 0 radical (unpaired) electrons. The lowest BCUT2D eigenvalue weighted by Gasteiger charge is -2.13. The first-order chi connectivity index (χ1) is 7.54. The Kier molecular flexibility index (Phi) is 3.84. The topological polar surface area (TPSA) is 68.1 Å². The quantitative estimate of drug-likeness (QED) is 0.478. The van der Waals surface area contributed by atoms with Gasteiger partial charge in [0, 0.05) is 18.5 Å². The van der Waals surface area contributed by atoms with Gasteiger partial charge in [0.15, 0.2) is 0 Å². The van der Waals surface area contributed by atoms with Crippen molar-refractivity contribution >= 4 is 11.5 Å². The third-order valence-corrected chi connectivity index (χ3v) is 2.08. The monoisotopic (exact) mass is 219 g/mol. The Bertz CT molecular complexity index is 437. The number of terminal acetylenes is 1. The molecule has 0 spiro atoms. The van der Waals surface area contributed by atoms with Crippen LogP contribution in [-0.2, 0) is 0 Å². The first-order valence-corrected chi connectivity index (χ1v) is 4.85. The van der Waals surface area contributed by atoms with Crippen molar-refractivity contribution in [1.82, 2.24) is 4.98 Å². The minimum Gasteiger partial charge on any atom is -0.366 e. The number of aryl methyl sites for hydroxylation is 1. The highest BCUT2D eigenvalue weighted by atomic mass is 16.6. The second-order valence-corrected chi connectivity index (χ2v) is 3.57. The van der Waals surface area contributed by atoms with E-state index in [1.54, 1.807) is 6.92 Å². The maximum absolute atomic E-state index is 10.5. The predicted octanol–water partition coefficient (Wildman–Crippen LogP) is 2.12. The van der Waals surface area contributed by atoms with Crippen LogP contribution in [0.4, 0.5) is 11.5 Å². The van der Waals surface area contributed by atoms with Crippen LogP contribution < -0.4 is 5.32 Å². The van der Waals surface area contributed by atoms with Crippen LogP contribution >= 0.6 is 0 Å². The number of hydrogen-bond acceptors (Lipinski definition) is 4. The van der Waals surface area contributed by atoms with Gasteiger partial charge < -0.3 is 5.32 Å². The fraction of sp³-hybridized carbons (Fsp3) is 0.364. The van der Waals surface area contributed by atoms with Crippen LogP contribution in [-0.4, -0.2) is 15.9 Å². The van der Waals surface area contributed by atoms with Gasteiger partial charge in [0.1, 0.15) is 12.0 Å². The molecular weight excluding hydrogens is 206 g/mol. The molecule has 0 bridgehead atoms. The Morgan fingerprint density at radius 1 is 1.75 bits per heavy atom. The minimum absolute atomic E-state index is 0.00680. The SMILES string of the molecule is C#CCC(C)Nc1ncc([N+](=O)[O-])cc1C. The molecule has 0 aromatic carbocycles. The highest BCUT2D eigenvalue weighted by molar-refractivity contribution is 5.48. The van der Waals surface area contributed by atoms with Crippen LogP contribution in [0, 0.1) is 29.4 Å². The smallest absolute Gasteiger partial charge is 0.287 e. The molecule has 0 saturated heterocycles. The fourth-order valence-corrected chi connectivity index (χ4v) is 1.27. The van der Waals surface area contributed by atoms with Crippen molar-refractivity contribution in [2.24, 2.45) is 0 Å². The Morgan fingerprint density at radius 2 is 2.44 bits per heavy atom. The van der Waals surface area contributed by atoms with Gasteiger partial charge in [-0.1, -0.05) is 0 Å². The fourth-order valence-electron chi connectivity index (χ4n) is 1.27. The standard InChI is InChI=1S/C11H13N3O2/c1-4-5-9(3)13-11-8(2)6-10(7-12-11)14(15)16/h1,6-7,9H,5H2,2-3H3,(H,12,13). The van der Waals surface area contributed by atoms with Crippen LogP contribution in [0.2, 0.25) is 0 Å². The van der Waals surface area contributed by atoms with Crippen LogP contribution in [0.15, 0.2) is 12.3 Å². The second-order valence-electron chi connectivity index (χ2n) is 3.57. The average molecular weight is 219 g/mol. The molecule has 0 fully saturated rings. The number of anilines is 1. The van der Waals surface area contributed by atoms with E-state index in [2.05, 4.69) is 16.2 Å². The van der Waals surface area contributed by atoms with E-state index >= 15 is 0 Å². The predicted molar refractivity (Wildman–Crippen MR) is 62.2 cm³/mol. The maximum Gasteiger partial charge on any atom is 0.287 e. The lowest BCUT2D eigenvalue weighted by molar-refractivity contribution is -0.385. The molecule has 0 saturated carbocycles. The van der Waals surface area contributed by atoms with Gasteiger partial charge in [0.05, 0.1) is 4.92 Å². The number of nitrogens with one attached hydrogen (secondary N) is 1. The Labute approximate surface area is 94.0 Å². The van der Waals surface area contributed by atoms with E-state index in [1.165, 1.54) is 12.3 Å². The molecule has 1 aromatic rings. The molecule has 0 aliphatic rings. The summed E-state index contributed by atoms with van der Waals surface area (Å²) in [6.45, 7) is 3.70. The highest BCUT2D eigenvalue weighted by Gasteiger charge is 2.10. The first kappa shape index (κ1) is 12.0. The Morgan fingerprint density at radius 3 is 2.94 bits per heavy atom. The Hall–Kier alpha value is -2.09. The number of pyridine rings is 1. The van der Waals surface area contributed by atoms with Crippen molar-refractivity contribution in [2.45, 2.75) is 26.3 Å². The number of rotatable bonds is 4. The molecule has 1 heterocycles. The van der Waals surface area contributed by atoms with Gasteiger partial charge in [-0.05, 0) is 19.4 Å². The number of hydrogen-bond donors (Lipinski definition) is 1. The van der Waals surface area contributed by atoms with E-state index < -0.39 is 4.92 Å². The third kappa shape index (κ3) is 2.95. The van der Waals surface area contributed by atoms with E-state index in [0.29, 0.717) is 12.2 Å². The summed E-state index contributed by atoms with van der Waals surface area (Å²) < 4.78 is 0. The molecule has 0 amide bonds. The van der Waals surface area contributed by atoms with E-state index in [4.69, 9.17) is 6.42 Å². The first-order valence-electron chi connectivity index (χ1n) is 4.85. The van der Waals surface area contributed by atoms with E-state index in [1.807, 2.05) is 6.92 Å². The zero-order valence-corrected chi connectivity index (χ0v) is 9.23. The molecule has 16 heavy (non-hydrogen) atoms. The van der Waals surface area contributed by atoms with Crippen molar-refractivity contribution in [3.8, 4) is 12.3 Å². The highest BCUT2D eigenvalue weighted by Crippen LogP contribution is 2.18. The molecular formula is C11H13N3O2. The number of nitrogens with zero attached hydrogens (tertiary/aromatic N) is 2. The van der Waals surface area contributed by atoms with E-state index in [-0.39, 0.29) is 11.7 Å². The van der Waals surface area contributed by atoms with Gasteiger partial charge in [0.25, 0.3) is 5.69 Å². The van der Waals surface area contributed by atoms with Gasteiger partial charge >= 0.3 is 0 Å². The van der Waals surface area contributed by atoms with Gasteiger partial charge in [-0.15, -0.1) is 12.3 Å². The second kappa shape index (κ2) is 5.12. The van der Waals surface area contributed by atoms with Gasteiger partial charge in [-0.3, -0.25) is 10.1 Å². The molecule has 1 N–H and O–H groups in total. The van der Waals surface area contributed by atoms with Gasteiger partial charge in [-0.2, -0.15) is 0 Å². The summed E-state index contributed by atoms with van der Waals surface area (Å²) >= 11 is 0. The van der Waals surface area contributed by atoms with E-state index in [9.17, 15) is 10.1 Å². The van der Waals surface area contributed by atoms with Crippen LogP contribution in [0.3, 0.4) is 0 Å². The van der Waals surface area contributed by atoms with Crippen LogP contribution in [0.5, 0.6) is 0 Å². The summed E-state index contributed by atoms with van der Waals surface area (Å²) in [5.41, 5.74) is 0.728. The molecule has 1 rings (SSSR count). The van der Waals surface area contributed by atoms with Crippen molar-refractivity contribution in [1.29, 1.82) is 0 Å². The zero-order valence-electron chi connectivity index (χ0n) is 9.23. The van der Waals surface area contributed by atoms with Crippen molar-refractivity contribution in [3.63, 3.8) is 0 Å². The third-order valence-electron chi connectivity index (χ3n) is 2.08. The molecule has 84 valence electrons. The van der Waals surface area contributed by atoms with Crippen LogP contribution in [0.25, 0.3) is 0 Å². The summed E-state index contributed by atoms with van der Waals surface area (Å²) in [5.74, 6) is 3.17. The van der Waals surface area contributed by atoms with Crippen molar-refractivity contribution in [2.75, 3.05) is 5.32 Å². The normalized spacial score (nSPS) is 11.6. The number of aromatic nitrogens is 1. The van der Waals surface area contributed by atoms with E-state index in [0.717, 1.165) is 5.56 Å². The van der Waals surface area contributed by atoms with Crippen molar-refractivity contribution in [3.05, 3.63) is 27.9 Å². The van der Waals surface area contributed by atoms with Crippen LogP contribution in [0.1, 0.15) is 18.9 Å². The molecule has 0 aliphatic carbocycles. The molecule has 5 heteroatoms. The Balaban J connectivity index is 2.84. The number of nitro groups is 1. The molecule has 5 nitrogen and oxygen atoms in total. The summed E-state index contributed by atoms with van der Waals surface area (Å²) in [4.78, 5) is 14.0. The summed E-state index contributed by atoms with van der Waals surface area (Å²) in [6, 6.07) is 1.58. The largest absolute Gasteiger partial charge is 0.366 e. The lowest BCUT2D eigenvalue weighted by Crippen LogP contribution is -2.16. The maximum atomic E-state index is 10.5. The zero-order chi connectivity index (χ0) is 12.1. The summed E-state index contributed by atoms with van der Waals surface area (Å²) in [6.07, 6.45) is 7.00. The van der Waals surface area contributed by atoms with Crippen molar-refractivity contribution < 1.29 is 4.92 Å².